The number of carbonyl (C=O) groups is 2. The highest BCUT2D eigenvalue weighted by molar-refractivity contribution is 9.10. The third kappa shape index (κ3) is 4.78. The van der Waals surface area contributed by atoms with Crippen LogP contribution in [-0.2, 0) is 11.3 Å². The number of piperidine rings is 1. The van der Waals surface area contributed by atoms with Crippen molar-refractivity contribution >= 4 is 27.7 Å². The van der Waals surface area contributed by atoms with Gasteiger partial charge in [-0.1, -0.05) is 6.07 Å². The fourth-order valence-electron chi connectivity index (χ4n) is 4.43. The van der Waals surface area contributed by atoms with Crippen LogP contribution in [0.25, 0.3) is 0 Å². The summed E-state index contributed by atoms with van der Waals surface area (Å²) in [5, 5.41) is 5.99. The van der Waals surface area contributed by atoms with Gasteiger partial charge in [0.25, 0.3) is 5.91 Å². The number of rotatable bonds is 6. The lowest BCUT2D eigenvalue weighted by Gasteiger charge is -2.42. The van der Waals surface area contributed by atoms with E-state index in [2.05, 4.69) is 46.3 Å². The van der Waals surface area contributed by atoms with Gasteiger partial charge in [0.2, 0.25) is 5.91 Å². The van der Waals surface area contributed by atoms with Gasteiger partial charge < -0.3 is 15.5 Å². The Morgan fingerprint density at radius 1 is 1.32 bits per heavy atom. The minimum Gasteiger partial charge on any atom is -0.349 e. The highest BCUT2D eigenvalue weighted by atomic mass is 79.9. The van der Waals surface area contributed by atoms with Crippen molar-refractivity contribution in [2.24, 2.45) is 0 Å². The Morgan fingerprint density at radius 3 is 2.84 bits per heavy atom. The smallest absolute Gasteiger partial charge is 0.270 e. The number of nitrogens with one attached hydrogen (secondary N) is 2. The minimum absolute atomic E-state index is 0.126. The van der Waals surface area contributed by atoms with Gasteiger partial charge in [-0.05, 0) is 59.0 Å². The van der Waals surface area contributed by atoms with E-state index in [1.165, 1.54) is 0 Å². The van der Waals surface area contributed by atoms with Crippen LogP contribution in [0, 0.1) is 6.92 Å². The number of pyridine rings is 2. The first-order valence-corrected chi connectivity index (χ1v) is 11.3. The average Bonchev–Trinajstić information content (AvgIpc) is 3.05. The van der Waals surface area contributed by atoms with Crippen LogP contribution in [0.15, 0.2) is 41.3 Å². The molecule has 31 heavy (non-hydrogen) atoms. The molecule has 2 saturated heterocycles. The minimum atomic E-state index is -0.450. The standard InChI is InChI=1S/C22H27BrN6O2/c1-16-11-18(23)13-26-19(16)20(30)25-7-10-28-8-4-22(5-9-28)21(31)27-15-29(22)14-17-3-2-6-24-12-17/h2-3,6,11-13H,4-5,7-10,14-15H2,1H3,(H,25,30)(H,27,31). The number of aryl methyl sites for hydroxylation is 1. The van der Waals surface area contributed by atoms with Gasteiger partial charge in [-0.25, -0.2) is 4.98 Å². The molecule has 0 aromatic carbocycles. The van der Waals surface area contributed by atoms with Gasteiger partial charge in [0.15, 0.2) is 0 Å². The van der Waals surface area contributed by atoms with E-state index >= 15 is 0 Å². The van der Waals surface area contributed by atoms with E-state index in [9.17, 15) is 9.59 Å². The average molecular weight is 487 g/mol. The lowest BCUT2D eigenvalue weighted by atomic mass is 9.86. The molecule has 2 aromatic rings. The van der Waals surface area contributed by atoms with Crippen molar-refractivity contribution in [2.75, 3.05) is 32.8 Å². The fraction of sp³-hybridized carbons (Fsp3) is 0.455. The van der Waals surface area contributed by atoms with Crippen molar-refractivity contribution in [3.05, 3.63) is 58.1 Å². The van der Waals surface area contributed by atoms with E-state index in [1.54, 1.807) is 12.4 Å². The van der Waals surface area contributed by atoms with Gasteiger partial charge >= 0.3 is 0 Å². The highest BCUT2D eigenvalue weighted by Gasteiger charge is 2.49. The Kier molecular flexibility index (Phi) is 6.64. The second-order valence-electron chi connectivity index (χ2n) is 8.17. The summed E-state index contributed by atoms with van der Waals surface area (Å²) in [4.78, 5) is 38.1. The monoisotopic (exact) mass is 486 g/mol. The second kappa shape index (κ2) is 9.42. The third-order valence-electron chi connectivity index (χ3n) is 6.21. The third-order valence-corrected chi connectivity index (χ3v) is 6.65. The first-order chi connectivity index (χ1) is 15.0. The Morgan fingerprint density at radius 2 is 2.13 bits per heavy atom. The zero-order chi connectivity index (χ0) is 21.8. The number of carbonyl (C=O) groups excluding carboxylic acids is 2. The molecule has 0 radical (unpaired) electrons. The van der Waals surface area contributed by atoms with Crippen LogP contribution in [-0.4, -0.2) is 70.0 Å². The first-order valence-electron chi connectivity index (χ1n) is 10.5. The van der Waals surface area contributed by atoms with Gasteiger partial charge in [0.1, 0.15) is 11.2 Å². The predicted octanol–water partition coefficient (Wildman–Crippen LogP) is 1.70. The molecule has 2 aliphatic rings. The Hall–Kier alpha value is -2.36. The molecule has 2 amide bonds. The van der Waals surface area contributed by atoms with E-state index in [0.717, 1.165) is 48.1 Å². The van der Waals surface area contributed by atoms with E-state index in [0.29, 0.717) is 25.5 Å². The maximum Gasteiger partial charge on any atom is 0.270 e. The number of hydrogen-bond donors (Lipinski definition) is 2. The maximum absolute atomic E-state index is 12.7. The van der Waals surface area contributed by atoms with Crippen LogP contribution in [0.3, 0.4) is 0 Å². The van der Waals surface area contributed by atoms with Crippen molar-refractivity contribution in [3.8, 4) is 0 Å². The van der Waals surface area contributed by atoms with Crippen molar-refractivity contribution in [3.63, 3.8) is 0 Å². The molecule has 164 valence electrons. The van der Waals surface area contributed by atoms with Gasteiger partial charge in [-0.2, -0.15) is 0 Å². The first kappa shape index (κ1) is 21.9. The molecule has 2 fully saturated rings. The molecule has 2 aromatic heterocycles. The summed E-state index contributed by atoms with van der Waals surface area (Å²) in [7, 11) is 0. The van der Waals surface area contributed by atoms with Gasteiger partial charge in [-0.15, -0.1) is 0 Å². The van der Waals surface area contributed by atoms with Crippen LogP contribution in [0.4, 0.5) is 0 Å². The van der Waals surface area contributed by atoms with E-state index in [4.69, 9.17) is 0 Å². The Balaban J connectivity index is 1.28. The molecule has 4 rings (SSSR count). The van der Waals surface area contributed by atoms with Crippen LogP contribution >= 0.6 is 15.9 Å². The van der Waals surface area contributed by atoms with Gasteiger partial charge in [0.05, 0.1) is 6.67 Å². The number of likely N-dealkylation sites (tertiary alicyclic amines) is 1. The summed E-state index contributed by atoms with van der Waals surface area (Å²) >= 11 is 3.37. The largest absolute Gasteiger partial charge is 0.349 e. The summed E-state index contributed by atoms with van der Waals surface area (Å²) < 4.78 is 0.859. The zero-order valence-electron chi connectivity index (χ0n) is 17.6. The molecule has 0 aliphatic carbocycles. The number of hydrogen-bond acceptors (Lipinski definition) is 6. The quantitative estimate of drug-likeness (QED) is 0.645. The lowest BCUT2D eigenvalue weighted by Crippen LogP contribution is -2.56. The molecule has 0 saturated carbocycles. The van der Waals surface area contributed by atoms with Gasteiger partial charge in [-0.3, -0.25) is 19.5 Å². The maximum atomic E-state index is 12.7. The second-order valence-corrected chi connectivity index (χ2v) is 9.09. The number of amides is 2. The van der Waals surface area contributed by atoms with Crippen molar-refractivity contribution in [1.29, 1.82) is 0 Å². The molecule has 4 heterocycles. The van der Waals surface area contributed by atoms with Crippen LogP contribution in [0.5, 0.6) is 0 Å². The van der Waals surface area contributed by atoms with E-state index in [1.807, 2.05) is 31.3 Å². The SMILES string of the molecule is Cc1cc(Br)cnc1C(=O)NCCN1CCC2(CC1)C(=O)NCN2Cc1cccnc1. The van der Waals surface area contributed by atoms with Crippen molar-refractivity contribution < 1.29 is 9.59 Å². The summed E-state index contributed by atoms with van der Waals surface area (Å²) in [6.45, 7) is 6.10. The molecule has 8 nitrogen and oxygen atoms in total. The summed E-state index contributed by atoms with van der Waals surface area (Å²) in [6.07, 6.45) is 6.81. The Labute approximate surface area is 190 Å². The molecule has 0 atom stereocenters. The molecule has 0 bridgehead atoms. The van der Waals surface area contributed by atoms with E-state index < -0.39 is 5.54 Å². The highest BCUT2D eigenvalue weighted by Crippen LogP contribution is 2.33. The summed E-state index contributed by atoms with van der Waals surface area (Å²) in [6, 6.07) is 5.86. The molecular weight excluding hydrogens is 460 g/mol. The van der Waals surface area contributed by atoms with Gasteiger partial charge in [0, 0.05) is 55.8 Å². The molecule has 2 N–H and O–H groups in total. The van der Waals surface area contributed by atoms with Crippen LogP contribution in [0.1, 0.15) is 34.5 Å². The number of nitrogens with zero attached hydrogens (tertiary/aromatic N) is 4. The molecular formula is C22H27BrN6O2. The van der Waals surface area contributed by atoms with Crippen LogP contribution < -0.4 is 10.6 Å². The van der Waals surface area contributed by atoms with Crippen molar-refractivity contribution in [1.82, 2.24) is 30.4 Å². The summed E-state index contributed by atoms with van der Waals surface area (Å²) in [5.41, 5.74) is 1.95. The van der Waals surface area contributed by atoms with Crippen molar-refractivity contribution in [2.45, 2.75) is 31.8 Å². The molecule has 0 unspecified atom stereocenters. The zero-order valence-corrected chi connectivity index (χ0v) is 19.2. The fourth-order valence-corrected chi connectivity index (χ4v) is 4.87. The van der Waals surface area contributed by atoms with Crippen LogP contribution in [0.2, 0.25) is 0 Å². The number of aromatic nitrogens is 2. The molecule has 2 aliphatic heterocycles. The predicted molar refractivity (Wildman–Crippen MR) is 120 cm³/mol. The summed E-state index contributed by atoms with van der Waals surface area (Å²) in [5.74, 6) is -0.0302. The normalized spacial score (nSPS) is 18.8. The molecule has 9 heteroatoms. The molecule has 1 spiro atoms. The lowest BCUT2D eigenvalue weighted by molar-refractivity contribution is -0.129. The topological polar surface area (TPSA) is 90.5 Å². The Bertz CT molecular complexity index is 946. The van der Waals surface area contributed by atoms with E-state index in [-0.39, 0.29) is 11.8 Å². The number of halogens is 1.